The minimum Gasteiger partial charge on any atom is -0.497 e. The van der Waals surface area contributed by atoms with Gasteiger partial charge in [0.05, 0.1) is 18.6 Å². The smallest absolute Gasteiger partial charge is 0.293 e. The molecule has 0 aliphatic carbocycles. The van der Waals surface area contributed by atoms with Crippen LogP contribution in [-0.2, 0) is 6.42 Å². The fourth-order valence-electron chi connectivity index (χ4n) is 3.48. The maximum absolute atomic E-state index is 11.0. The third-order valence-corrected chi connectivity index (χ3v) is 5.15. The predicted molar refractivity (Wildman–Crippen MR) is 110 cm³/mol. The Morgan fingerprint density at radius 2 is 1.93 bits per heavy atom. The van der Waals surface area contributed by atoms with Gasteiger partial charge in [-0.1, -0.05) is 24.0 Å². The van der Waals surface area contributed by atoms with Gasteiger partial charge < -0.3 is 10.5 Å². The van der Waals surface area contributed by atoms with Crippen LogP contribution in [0.15, 0.2) is 42.5 Å². The van der Waals surface area contributed by atoms with Crippen LogP contribution >= 0.6 is 0 Å². The van der Waals surface area contributed by atoms with Crippen LogP contribution in [0.5, 0.6) is 5.75 Å². The van der Waals surface area contributed by atoms with E-state index in [1.54, 1.807) is 13.2 Å². The highest BCUT2D eigenvalue weighted by Crippen LogP contribution is 2.23. The number of likely N-dealkylation sites (tertiary alicyclic amines) is 1. The molecule has 0 spiro atoms. The maximum atomic E-state index is 11.0. The molecule has 6 nitrogen and oxygen atoms in total. The summed E-state index contributed by atoms with van der Waals surface area (Å²) in [7, 11) is 1.68. The Hall–Kier alpha value is -3.04. The third-order valence-electron chi connectivity index (χ3n) is 5.15. The number of nitro benzene ring substituents is 1. The van der Waals surface area contributed by atoms with E-state index in [0.717, 1.165) is 38.1 Å². The van der Waals surface area contributed by atoms with Gasteiger partial charge in [-0.3, -0.25) is 15.0 Å². The summed E-state index contributed by atoms with van der Waals surface area (Å²) in [4.78, 5) is 12.8. The topological polar surface area (TPSA) is 81.6 Å². The number of anilines is 1. The molecule has 6 heteroatoms. The van der Waals surface area contributed by atoms with Crippen LogP contribution in [0, 0.1) is 27.9 Å². The van der Waals surface area contributed by atoms with E-state index in [1.807, 2.05) is 12.1 Å². The molecule has 1 heterocycles. The highest BCUT2D eigenvalue weighted by Gasteiger charge is 2.18. The number of hydrogen-bond acceptors (Lipinski definition) is 5. The van der Waals surface area contributed by atoms with Gasteiger partial charge in [0.1, 0.15) is 11.4 Å². The van der Waals surface area contributed by atoms with Gasteiger partial charge in [-0.25, -0.2) is 0 Å². The van der Waals surface area contributed by atoms with E-state index in [9.17, 15) is 10.1 Å². The molecule has 0 atom stereocenters. The van der Waals surface area contributed by atoms with E-state index < -0.39 is 4.92 Å². The SMILES string of the molecule is COc1ccc(CC2CCN(CC#Cc3ccc(N)c([N+](=O)[O-])c3)CC2)cc1. The van der Waals surface area contributed by atoms with E-state index in [0.29, 0.717) is 18.0 Å². The van der Waals surface area contributed by atoms with E-state index in [1.165, 1.54) is 17.7 Å². The lowest BCUT2D eigenvalue weighted by molar-refractivity contribution is -0.383. The van der Waals surface area contributed by atoms with E-state index >= 15 is 0 Å². The molecule has 28 heavy (non-hydrogen) atoms. The summed E-state index contributed by atoms with van der Waals surface area (Å²) in [5.41, 5.74) is 7.66. The van der Waals surface area contributed by atoms with Crippen molar-refractivity contribution in [3.8, 4) is 17.6 Å². The Labute approximate surface area is 165 Å². The lowest BCUT2D eigenvalue weighted by atomic mass is 9.90. The molecule has 2 N–H and O–H groups in total. The van der Waals surface area contributed by atoms with Crippen molar-refractivity contribution in [2.45, 2.75) is 19.3 Å². The maximum Gasteiger partial charge on any atom is 0.293 e. The number of methoxy groups -OCH3 is 1. The summed E-state index contributed by atoms with van der Waals surface area (Å²) in [5.74, 6) is 7.73. The van der Waals surface area contributed by atoms with Crippen LogP contribution in [0.4, 0.5) is 11.4 Å². The summed E-state index contributed by atoms with van der Waals surface area (Å²) in [5, 5.41) is 11.0. The van der Waals surface area contributed by atoms with Crippen LogP contribution in [0.3, 0.4) is 0 Å². The summed E-state index contributed by atoms with van der Waals surface area (Å²) < 4.78 is 5.21. The number of rotatable bonds is 5. The number of nitrogen functional groups attached to an aromatic ring is 1. The van der Waals surface area contributed by atoms with Crippen molar-refractivity contribution in [2.24, 2.45) is 5.92 Å². The molecule has 2 aromatic carbocycles. The summed E-state index contributed by atoms with van der Waals surface area (Å²) in [6.07, 6.45) is 3.40. The molecule has 2 aromatic rings. The van der Waals surface area contributed by atoms with Crippen molar-refractivity contribution in [1.29, 1.82) is 0 Å². The van der Waals surface area contributed by atoms with Gasteiger partial charge in [-0.05, 0) is 68.1 Å². The fraction of sp³-hybridized carbons (Fsp3) is 0.364. The first-order valence-electron chi connectivity index (χ1n) is 9.43. The molecule has 0 unspecified atom stereocenters. The van der Waals surface area contributed by atoms with Gasteiger partial charge >= 0.3 is 0 Å². The van der Waals surface area contributed by atoms with Crippen molar-refractivity contribution >= 4 is 11.4 Å². The number of hydrogen-bond donors (Lipinski definition) is 1. The van der Waals surface area contributed by atoms with Gasteiger partial charge in [0.25, 0.3) is 5.69 Å². The van der Waals surface area contributed by atoms with Crippen molar-refractivity contribution < 1.29 is 9.66 Å². The molecule has 0 saturated carbocycles. The van der Waals surface area contributed by atoms with Crippen LogP contribution in [0.25, 0.3) is 0 Å². The molecule has 0 bridgehead atoms. The fourth-order valence-corrected chi connectivity index (χ4v) is 3.48. The molecule has 1 aliphatic rings. The quantitative estimate of drug-likeness (QED) is 0.372. The number of ether oxygens (including phenoxy) is 1. The summed E-state index contributed by atoms with van der Waals surface area (Å²) in [6.45, 7) is 2.72. The van der Waals surface area contributed by atoms with Crippen molar-refractivity contribution in [2.75, 3.05) is 32.5 Å². The van der Waals surface area contributed by atoms with Crippen molar-refractivity contribution in [3.05, 3.63) is 63.7 Å². The zero-order valence-electron chi connectivity index (χ0n) is 16.1. The second kappa shape index (κ2) is 9.25. The van der Waals surface area contributed by atoms with Gasteiger partial charge in [-0.15, -0.1) is 0 Å². The molecule has 0 radical (unpaired) electrons. The number of nitrogens with two attached hydrogens (primary N) is 1. The molecule has 0 amide bonds. The third kappa shape index (κ3) is 5.24. The zero-order chi connectivity index (χ0) is 19.9. The van der Waals surface area contributed by atoms with E-state index in [-0.39, 0.29) is 11.4 Å². The van der Waals surface area contributed by atoms with Crippen molar-refractivity contribution in [1.82, 2.24) is 4.90 Å². The molecule has 1 aliphatic heterocycles. The summed E-state index contributed by atoms with van der Waals surface area (Å²) >= 11 is 0. The second-order valence-electron chi connectivity index (χ2n) is 7.10. The molecule has 146 valence electrons. The molecular weight excluding hydrogens is 354 g/mol. The number of benzene rings is 2. The minimum absolute atomic E-state index is 0.0915. The highest BCUT2D eigenvalue weighted by molar-refractivity contribution is 5.61. The van der Waals surface area contributed by atoms with Crippen molar-refractivity contribution in [3.63, 3.8) is 0 Å². The monoisotopic (exact) mass is 379 g/mol. The Balaban J connectivity index is 1.48. The molecule has 3 rings (SSSR count). The van der Waals surface area contributed by atoms with Gasteiger partial charge in [0, 0.05) is 11.6 Å². The average Bonchev–Trinajstić information content (AvgIpc) is 2.71. The Morgan fingerprint density at radius 3 is 2.57 bits per heavy atom. The molecule has 1 saturated heterocycles. The zero-order valence-corrected chi connectivity index (χ0v) is 16.1. The summed E-state index contributed by atoms with van der Waals surface area (Å²) in [6, 6.07) is 13.0. The predicted octanol–water partition coefficient (Wildman–Crippen LogP) is 3.49. The molecule has 1 fully saturated rings. The average molecular weight is 379 g/mol. The van der Waals surface area contributed by atoms with Crippen LogP contribution in [0.1, 0.15) is 24.0 Å². The first-order chi connectivity index (χ1) is 13.5. The largest absolute Gasteiger partial charge is 0.497 e. The first-order valence-corrected chi connectivity index (χ1v) is 9.43. The van der Waals surface area contributed by atoms with Crippen LogP contribution in [0.2, 0.25) is 0 Å². The van der Waals surface area contributed by atoms with E-state index in [2.05, 4.69) is 28.9 Å². The van der Waals surface area contributed by atoms with E-state index in [4.69, 9.17) is 10.5 Å². The first kappa shape index (κ1) is 19.7. The number of nitrogens with zero attached hydrogens (tertiary/aromatic N) is 2. The van der Waals surface area contributed by atoms with Gasteiger partial charge in [0.15, 0.2) is 0 Å². The second-order valence-corrected chi connectivity index (χ2v) is 7.10. The molecule has 0 aromatic heterocycles. The lowest BCUT2D eigenvalue weighted by Gasteiger charge is -2.30. The highest BCUT2D eigenvalue weighted by atomic mass is 16.6. The Kier molecular flexibility index (Phi) is 6.51. The number of piperidine rings is 1. The van der Waals surface area contributed by atoms with Crippen LogP contribution in [-0.4, -0.2) is 36.6 Å². The lowest BCUT2D eigenvalue weighted by Crippen LogP contribution is -2.34. The molecular formula is C22H25N3O3. The van der Waals surface area contributed by atoms with Gasteiger partial charge in [-0.2, -0.15) is 0 Å². The van der Waals surface area contributed by atoms with Crippen LogP contribution < -0.4 is 10.5 Å². The van der Waals surface area contributed by atoms with Gasteiger partial charge in [0.2, 0.25) is 0 Å². The minimum atomic E-state index is -0.478. The normalized spacial score (nSPS) is 14.9. The Morgan fingerprint density at radius 1 is 1.21 bits per heavy atom. The number of nitro groups is 1. The Bertz CT molecular complexity index is 876. The standard InChI is InChI=1S/C22H25N3O3/c1-28-20-7-4-18(5-8-20)15-19-10-13-24(14-11-19)12-2-3-17-6-9-21(23)22(16-17)25(26)27/h4-9,16,19H,10-15,23H2,1H3.